The van der Waals surface area contributed by atoms with Gasteiger partial charge in [0, 0.05) is 36.6 Å². The SMILES string of the molecule is O=C(NCC(c1ccccc1)c1ccccc1)C1CNCC(NS(=O)(=O)c2cc(Cl)ccc2Cl)C1. The highest BCUT2D eigenvalue weighted by molar-refractivity contribution is 7.89. The summed E-state index contributed by atoms with van der Waals surface area (Å²) < 4.78 is 28.5. The number of hydrogen-bond donors (Lipinski definition) is 3. The van der Waals surface area contributed by atoms with Crippen molar-refractivity contribution in [2.24, 2.45) is 5.92 Å². The first-order valence-corrected chi connectivity index (χ1v) is 13.6. The summed E-state index contributed by atoms with van der Waals surface area (Å²) in [7, 11) is -3.90. The van der Waals surface area contributed by atoms with Crippen LogP contribution in [0.3, 0.4) is 0 Å². The van der Waals surface area contributed by atoms with Crippen LogP contribution in [0.4, 0.5) is 0 Å². The molecule has 6 nitrogen and oxygen atoms in total. The zero-order chi connectivity index (χ0) is 24.8. The molecule has 1 aliphatic rings. The predicted octanol–water partition coefficient (Wildman–Crippen LogP) is 4.20. The normalized spacial score (nSPS) is 18.4. The predicted molar refractivity (Wildman–Crippen MR) is 139 cm³/mol. The van der Waals surface area contributed by atoms with Crippen molar-refractivity contribution >= 4 is 39.1 Å². The smallest absolute Gasteiger partial charge is 0.242 e. The quantitative estimate of drug-likeness (QED) is 0.406. The lowest BCUT2D eigenvalue weighted by molar-refractivity contribution is -0.125. The lowest BCUT2D eigenvalue weighted by Crippen LogP contribution is -2.52. The summed E-state index contributed by atoms with van der Waals surface area (Å²) in [5, 5.41) is 6.62. The van der Waals surface area contributed by atoms with Crippen molar-refractivity contribution in [2.45, 2.75) is 23.3 Å². The molecule has 0 saturated carbocycles. The Kier molecular flexibility index (Phi) is 8.46. The molecule has 1 saturated heterocycles. The third-order valence-corrected chi connectivity index (χ3v) is 8.35. The summed E-state index contributed by atoms with van der Waals surface area (Å²) in [6.45, 7) is 1.33. The van der Waals surface area contributed by atoms with E-state index in [4.69, 9.17) is 23.2 Å². The van der Waals surface area contributed by atoms with E-state index in [1.54, 1.807) is 0 Å². The van der Waals surface area contributed by atoms with E-state index < -0.39 is 16.1 Å². The van der Waals surface area contributed by atoms with Gasteiger partial charge in [-0.25, -0.2) is 13.1 Å². The summed E-state index contributed by atoms with van der Waals surface area (Å²) in [6.07, 6.45) is 0.373. The number of piperidine rings is 1. The standard InChI is InChI=1S/C26H27Cl2N3O3S/c27-21-11-12-24(28)25(14-21)35(33,34)31-22-13-20(15-29-16-22)26(32)30-17-23(18-7-3-1-4-8-18)19-9-5-2-6-10-19/h1-12,14,20,22-23,29,31H,13,15-17H2,(H,30,32). The largest absolute Gasteiger partial charge is 0.355 e. The van der Waals surface area contributed by atoms with E-state index in [1.165, 1.54) is 18.2 Å². The van der Waals surface area contributed by atoms with Crippen molar-refractivity contribution in [1.82, 2.24) is 15.4 Å². The third kappa shape index (κ3) is 6.63. The summed E-state index contributed by atoms with van der Waals surface area (Å²) in [4.78, 5) is 13.0. The molecule has 184 valence electrons. The van der Waals surface area contributed by atoms with Gasteiger partial charge in [0.2, 0.25) is 15.9 Å². The first-order chi connectivity index (χ1) is 16.8. The fourth-order valence-corrected chi connectivity index (χ4v) is 6.35. The average molecular weight is 532 g/mol. The Morgan fingerprint density at radius 3 is 2.20 bits per heavy atom. The molecule has 9 heteroatoms. The minimum absolute atomic E-state index is 0.0113. The first kappa shape index (κ1) is 25.7. The van der Waals surface area contributed by atoms with Gasteiger partial charge in [-0.2, -0.15) is 0 Å². The molecular formula is C26H27Cl2N3O3S. The molecule has 2 atom stereocenters. The summed E-state index contributed by atoms with van der Waals surface area (Å²) in [5.41, 5.74) is 2.23. The lowest BCUT2D eigenvalue weighted by atomic mass is 9.90. The monoisotopic (exact) mass is 531 g/mol. The molecule has 35 heavy (non-hydrogen) atoms. The highest BCUT2D eigenvalue weighted by atomic mass is 35.5. The van der Waals surface area contributed by atoms with Crippen molar-refractivity contribution in [3.05, 3.63) is 100 Å². The average Bonchev–Trinajstić information content (AvgIpc) is 2.86. The van der Waals surface area contributed by atoms with Crippen LogP contribution in [0.5, 0.6) is 0 Å². The Bertz CT molecular complexity index is 1220. The molecule has 3 N–H and O–H groups in total. The molecule has 0 radical (unpaired) electrons. The number of carbonyl (C=O) groups excluding carboxylic acids is 1. The summed E-state index contributed by atoms with van der Waals surface area (Å²) >= 11 is 12.1. The number of carbonyl (C=O) groups is 1. The molecule has 2 unspecified atom stereocenters. The number of benzene rings is 3. The third-order valence-electron chi connectivity index (χ3n) is 6.11. The Morgan fingerprint density at radius 1 is 0.943 bits per heavy atom. The van der Waals surface area contributed by atoms with Crippen molar-refractivity contribution in [1.29, 1.82) is 0 Å². The van der Waals surface area contributed by atoms with Crippen LogP contribution in [0.25, 0.3) is 0 Å². The van der Waals surface area contributed by atoms with Gasteiger partial charge in [0.05, 0.1) is 10.9 Å². The molecule has 3 aromatic carbocycles. The molecule has 0 aromatic heterocycles. The molecule has 1 fully saturated rings. The van der Waals surface area contributed by atoms with Gasteiger partial charge in [0.15, 0.2) is 0 Å². The van der Waals surface area contributed by atoms with Crippen molar-refractivity contribution in [2.75, 3.05) is 19.6 Å². The molecule has 4 rings (SSSR count). The van der Waals surface area contributed by atoms with Gasteiger partial charge in [-0.15, -0.1) is 0 Å². The van der Waals surface area contributed by atoms with Crippen LogP contribution < -0.4 is 15.4 Å². The van der Waals surface area contributed by atoms with Gasteiger partial charge < -0.3 is 10.6 Å². The molecule has 3 aromatic rings. The van der Waals surface area contributed by atoms with E-state index in [0.29, 0.717) is 26.1 Å². The van der Waals surface area contributed by atoms with E-state index in [1.807, 2.05) is 36.4 Å². The van der Waals surface area contributed by atoms with Gasteiger partial charge in [-0.3, -0.25) is 4.79 Å². The number of rotatable bonds is 8. The second-order valence-corrected chi connectivity index (χ2v) is 11.1. The first-order valence-electron chi connectivity index (χ1n) is 11.4. The van der Waals surface area contributed by atoms with Crippen molar-refractivity contribution < 1.29 is 13.2 Å². The molecular weight excluding hydrogens is 505 g/mol. The second kappa shape index (κ2) is 11.5. The Labute approximate surface area is 216 Å². The Morgan fingerprint density at radius 2 is 1.57 bits per heavy atom. The van der Waals surface area contributed by atoms with Gasteiger partial charge in [0.1, 0.15) is 4.90 Å². The molecule has 1 aliphatic heterocycles. The molecule has 0 bridgehead atoms. The van der Waals surface area contributed by atoms with Crippen LogP contribution in [0.1, 0.15) is 23.5 Å². The number of amides is 1. The zero-order valence-corrected chi connectivity index (χ0v) is 21.3. The maximum atomic E-state index is 13.1. The van der Waals surface area contributed by atoms with Crippen LogP contribution in [0.15, 0.2) is 83.8 Å². The number of halogens is 2. The highest BCUT2D eigenvalue weighted by Crippen LogP contribution is 2.26. The zero-order valence-electron chi connectivity index (χ0n) is 19.0. The van der Waals surface area contributed by atoms with E-state index in [0.717, 1.165) is 11.1 Å². The maximum Gasteiger partial charge on any atom is 0.242 e. The maximum absolute atomic E-state index is 13.1. The van der Waals surface area contributed by atoms with E-state index in [2.05, 4.69) is 39.6 Å². The number of sulfonamides is 1. The van der Waals surface area contributed by atoms with Gasteiger partial charge in [0.25, 0.3) is 0 Å². The number of hydrogen-bond acceptors (Lipinski definition) is 4. The van der Waals surface area contributed by atoms with Gasteiger partial charge in [-0.05, 0) is 35.7 Å². The minimum Gasteiger partial charge on any atom is -0.355 e. The van der Waals surface area contributed by atoms with Crippen LogP contribution in [-0.2, 0) is 14.8 Å². The van der Waals surface area contributed by atoms with E-state index in [-0.39, 0.29) is 32.7 Å². The van der Waals surface area contributed by atoms with Gasteiger partial charge in [-0.1, -0.05) is 83.9 Å². The minimum atomic E-state index is -3.90. The molecule has 0 spiro atoms. The van der Waals surface area contributed by atoms with Crippen molar-refractivity contribution in [3.8, 4) is 0 Å². The van der Waals surface area contributed by atoms with E-state index >= 15 is 0 Å². The van der Waals surface area contributed by atoms with Crippen LogP contribution in [0, 0.1) is 5.92 Å². The Balaban J connectivity index is 1.41. The Hall–Kier alpha value is -2.42. The molecule has 1 heterocycles. The summed E-state index contributed by atoms with van der Waals surface area (Å²) in [6, 6.07) is 23.9. The fraction of sp³-hybridized carbons (Fsp3) is 0.269. The number of nitrogens with one attached hydrogen (secondary N) is 3. The van der Waals surface area contributed by atoms with Crippen LogP contribution in [0.2, 0.25) is 10.0 Å². The topological polar surface area (TPSA) is 87.3 Å². The van der Waals surface area contributed by atoms with Crippen LogP contribution in [-0.4, -0.2) is 40.0 Å². The second-order valence-electron chi connectivity index (χ2n) is 8.60. The fourth-order valence-electron chi connectivity index (χ4n) is 4.34. The van der Waals surface area contributed by atoms with Gasteiger partial charge >= 0.3 is 0 Å². The summed E-state index contributed by atoms with van der Waals surface area (Å²) in [5.74, 6) is -0.477. The van der Waals surface area contributed by atoms with Crippen molar-refractivity contribution in [3.63, 3.8) is 0 Å². The van der Waals surface area contributed by atoms with E-state index in [9.17, 15) is 13.2 Å². The molecule has 0 aliphatic carbocycles. The lowest BCUT2D eigenvalue weighted by Gasteiger charge is -2.30. The highest BCUT2D eigenvalue weighted by Gasteiger charge is 2.31. The van der Waals surface area contributed by atoms with Crippen LogP contribution >= 0.6 is 23.2 Å². The molecule has 1 amide bonds.